The monoisotopic (exact) mass is 310 g/mol. The Kier molecular flexibility index (Phi) is 5.33. The first-order valence-electron chi connectivity index (χ1n) is 5.22. The van der Waals surface area contributed by atoms with E-state index in [-0.39, 0.29) is 21.6 Å². The largest absolute Gasteiger partial charge is 0.352 e. The maximum atomic E-state index is 11.8. The van der Waals surface area contributed by atoms with Crippen LogP contribution in [-0.4, -0.2) is 17.4 Å². The van der Waals surface area contributed by atoms with Crippen LogP contribution >= 0.6 is 15.9 Å². The highest BCUT2D eigenvalue weighted by Crippen LogP contribution is 2.28. The Bertz CT molecular complexity index is 509. The van der Waals surface area contributed by atoms with Gasteiger partial charge in [-0.2, -0.15) is 0 Å². The normalized spacial score (nSPS) is 9.56. The lowest BCUT2D eigenvalue weighted by Gasteiger charge is -2.06. The zero-order chi connectivity index (χ0) is 13.5. The van der Waals surface area contributed by atoms with Crippen molar-refractivity contribution in [1.82, 2.24) is 5.32 Å². The number of unbranched alkanes of at least 4 members (excludes halogenated alkanes) is 1. The SMILES string of the molecule is C#CCCCNC(=O)c1cccc([N+](=O)[O-])c1Br. The summed E-state index contributed by atoms with van der Waals surface area (Å²) in [5, 5.41) is 13.4. The second kappa shape index (κ2) is 6.77. The molecule has 0 aliphatic carbocycles. The van der Waals surface area contributed by atoms with E-state index in [1.54, 1.807) is 0 Å². The third-order valence-electron chi connectivity index (χ3n) is 2.20. The first-order chi connectivity index (χ1) is 8.57. The lowest BCUT2D eigenvalue weighted by Crippen LogP contribution is -2.24. The summed E-state index contributed by atoms with van der Waals surface area (Å²) in [6, 6.07) is 4.33. The highest BCUT2D eigenvalue weighted by atomic mass is 79.9. The molecule has 0 saturated carbocycles. The molecule has 0 saturated heterocycles. The minimum absolute atomic E-state index is 0.133. The Morgan fingerprint density at radius 3 is 2.89 bits per heavy atom. The van der Waals surface area contributed by atoms with Crippen molar-refractivity contribution in [1.29, 1.82) is 0 Å². The van der Waals surface area contributed by atoms with Gasteiger partial charge in [0.1, 0.15) is 4.47 Å². The molecule has 5 nitrogen and oxygen atoms in total. The predicted molar refractivity (Wildman–Crippen MR) is 71.2 cm³/mol. The van der Waals surface area contributed by atoms with Gasteiger partial charge in [0.05, 0.1) is 10.5 Å². The van der Waals surface area contributed by atoms with E-state index in [9.17, 15) is 14.9 Å². The van der Waals surface area contributed by atoms with Crippen LogP contribution in [0.15, 0.2) is 22.7 Å². The van der Waals surface area contributed by atoms with E-state index in [0.717, 1.165) is 0 Å². The number of terminal acetylenes is 1. The smallest absolute Gasteiger partial charge is 0.284 e. The Morgan fingerprint density at radius 1 is 1.56 bits per heavy atom. The van der Waals surface area contributed by atoms with Gasteiger partial charge in [0.15, 0.2) is 0 Å². The minimum Gasteiger partial charge on any atom is -0.352 e. The van der Waals surface area contributed by atoms with E-state index < -0.39 is 4.92 Å². The molecule has 0 aliphatic heterocycles. The number of benzene rings is 1. The van der Waals surface area contributed by atoms with Crippen molar-refractivity contribution >= 4 is 27.5 Å². The topological polar surface area (TPSA) is 72.2 Å². The number of nitrogens with one attached hydrogen (secondary N) is 1. The van der Waals surface area contributed by atoms with Crippen molar-refractivity contribution in [2.75, 3.05) is 6.54 Å². The highest BCUT2D eigenvalue weighted by Gasteiger charge is 2.18. The van der Waals surface area contributed by atoms with Crippen molar-refractivity contribution < 1.29 is 9.72 Å². The first-order valence-corrected chi connectivity index (χ1v) is 6.01. The fourth-order valence-corrected chi connectivity index (χ4v) is 1.91. The molecule has 0 fully saturated rings. The van der Waals surface area contributed by atoms with Crippen molar-refractivity contribution in [3.63, 3.8) is 0 Å². The van der Waals surface area contributed by atoms with E-state index in [1.807, 2.05) is 0 Å². The Hall–Kier alpha value is -1.87. The molecular weight excluding hydrogens is 300 g/mol. The summed E-state index contributed by atoms with van der Waals surface area (Å²) in [7, 11) is 0. The number of carbonyl (C=O) groups excluding carboxylic acids is 1. The molecule has 0 atom stereocenters. The summed E-state index contributed by atoms with van der Waals surface area (Å²) in [6.07, 6.45) is 6.34. The molecule has 0 radical (unpaired) electrons. The Labute approximate surface area is 113 Å². The summed E-state index contributed by atoms with van der Waals surface area (Å²) in [5.74, 6) is 2.11. The molecular formula is C12H11BrN2O3. The van der Waals surface area contributed by atoms with E-state index in [0.29, 0.717) is 19.4 Å². The molecule has 0 unspecified atom stereocenters. The van der Waals surface area contributed by atoms with Gasteiger partial charge >= 0.3 is 0 Å². The number of amides is 1. The Morgan fingerprint density at radius 2 is 2.28 bits per heavy atom. The first kappa shape index (κ1) is 14.2. The van der Waals surface area contributed by atoms with Gasteiger partial charge in [-0.05, 0) is 28.4 Å². The number of carbonyl (C=O) groups is 1. The molecule has 0 aromatic heterocycles. The summed E-state index contributed by atoms with van der Waals surface area (Å²) in [6.45, 7) is 0.443. The molecule has 0 spiro atoms. The molecule has 1 aromatic carbocycles. The zero-order valence-corrected chi connectivity index (χ0v) is 11.1. The van der Waals surface area contributed by atoms with E-state index >= 15 is 0 Å². The van der Waals surface area contributed by atoms with Gasteiger partial charge in [-0.1, -0.05) is 6.07 Å². The summed E-state index contributed by atoms with van der Waals surface area (Å²) >= 11 is 3.07. The second-order valence-corrected chi connectivity index (χ2v) is 4.25. The van der Waals surface area contributed by atoms with Crippen molar-refractivity contribution in [3.05, 3.63) is 38.3 Å². The number of halogens is 1. The van der Waals surface area contributed by atoms with Gasteiger partial charge < -0.3 is 5.32 Å². The molecule has 1 amide bonds. The fourth-order valence-electron chi connectivity index (χ4n) is 1.32. The van der Waals surface area contributed by atoms with Crippen molar-refractivity contribution in [3.8, 4) is 12.3 Å². The summed E-state index contributed by atoms with van der Waals surface area (Å²) in [4.78, 5) is 22.0. The number of hydrogen-bond donors (Lipinski definition) is 1. The number of nitro benzene ring substituents is 1. The molecule has 6 heteroatoms. The van der Waals surface area contributed by atoms with E-state index in [1.165, 1.54) is 18.2 Å². The molecule has 0 bridgehead atoms. The van der Waals surface area contributed by atoms with E-state index in [4.69, 9.17) is 6.42 Å². The maximum absolute atomic E-state index is 11.8. The van der Waals surface area contributed by atoms with Crippen LogP contribution in [0.25, 0.3) is 0 Å². The third-order valence-corrected chi connectivity index (χ3v) is 3.04. The number of nitro groups is 1. The fraction of sp³-hybridized carbons (Fsp3) is 0.250. The van der Waals surface area contributed by atoms with Crippen LogP contribution in [0.1, 0.15) is 23.2 Å². The second-order valence-electron chi connectivity index (χ2n) is 3.46. The predicted octanol–water partition coefficient (Wildman–Crippen LogP) is 2.50. The van der Waals surface area contributed by atoms with Gasteiger partial charge in [0.25, 0.3) is 11.6 Å². The van der Waals surface area contributed by atoms with Crippen LogP contribution in [0.4, 0.5) is 5.69 Å². The van der Waals surface area contributed by atoms with Gasteiger partial charge in [-0.25, -0.2) is 0 Å². The highest BCUT2D eigenvalue weighted by molar-refractivity contribution is 9.10. The van der Waals surface area contributed by atoms with Gasteiger partial charge in [0, 0.05) is 19.0 Å². The number of rotatable bonds is 5. The average molecular weight is 311 g/mol. The minimum atomic E-state index is -0.542. The standard InChI is InChI=1S/C12H11BrN2O3/c1-2-3-4-8-14-12(16)9-6-5-7-10(11(9)13)15(17)18/h1,5-7H,3-4,8H2,(H,14,16). The molecule has 0 heterocycles. The lowest BCUT2D eigenvalue weighted by atomic mass is 10.2. The maximum Gasteiger partial charge on any atom is 0.284 e. The molecule has 0 aliphatic rings. The van der Waals surface area contributed by atoms with Crippen LogP contribution < -0.4 is 5.32 Å². The van der Waals surface area contributed by atoms with Crippen molar-refractivity contribution in [2.45, 2.75) is 12.8 Å². The average Bonchev–Trinajstić information content (AvgIpc) is 2.34. The van der Waals surface area contributed by atoms with Crippen LogP contribution in [0, 0.1) is 22.5 Å². The van der Waals surface area contributed by atoms with Crippen LogP contribution in [0.3, 0.4) is 0 Å². The van der Waals surface area contributed by atoms with Gasteiger partial charge in [-0.15, -0.1) is 12.3 Å². The van der Waals surface area contributed by atoms with Crippen LogP contribution in [-0.2, 0) is 0 Å². The zero-order valence-electron chi connectivity index (χ0n) is 9.48. The Balaban J connectivity index is 2.78. The summed E-state index contributed by atoms with van der Waals surface area (Å²) < 4.78 is 0.185. The summed E-state index contributed by atoms with van der Waals surface area (Å²) in [5.41, 5.74) is 0.108. The van der Waals surface area contributed by atoms with Crippen molar-refractivity contribution in [2.24, 2.45) is 0 Å². The molecule has 18 heavy (non-hydrogen) atoms. The third kappa shape index (κ3) is 3.57. The van der Waals surface area contributed by atoms with Crippen LogP contribution in [0.5, 0.6) is 0 Å². The number of nitrogens with zero attached hydrogens (tertiary/aromatic N) is 1. The van der Waals surface area contributed by atoms with Gasteiger partial charge in [-0.3, -0.25) is 14.9 Å². The number of hydrogen-bond acceptors (Lipinski definition) is 3. The van der Waals surface area contributed by atoms with E-state index in [2.05, 4.69) is 27.2 Å². The quantitative estimate of drug-likeness (QED) is 0.393. The van der Waals surface area contributed by atoms with Gasteiger partial charge in [0.2, 0.25) is 0 Å². The molecule has 1 N–H and O–H groups in total. The molecule has 1 aromatic rings. The lowest BCUT2D eigenvalue weighted by molar-refractivity contribution is -0.385. The molecule has 1 rings (SSSR count). The molecule has 94 valence electrons. The van der Waals surface area contributed by atoms with Crippen LogP contribution in [0.2, 0.25) is 0 Å².